The Labute approximate surface area is 75.3 Å². The van der Waals surface area contributed by atoms with E-state index in [1.54, 1.807) is 0 Å². The summed E-state index contributed by atoms with van der Waals surface area (Å²) in [6, 6.07) is 9.11. The average Bonchev–Trinajstić information content (AvgIpc) is 2.15. The average molecular weight is 180 g/mol. The highest BCUT2D eigenvalue weighted by Gasteiger charge is 2.03. The topological polar surface area (TPSA) is 37.3 Å². The molecule has 1 aromatic carbocycles. The van der Waals surface area contributed by atoms with E-state index in [9.17, 15) is 9.18 Å². The number of hydrogen-bond donors (Lipinski definition) is 1. The predicted molar refractivity (Wildman–Crippen MR) is 47.0 cm³/mol. The maximum atomic E-state index is 12.5. The van der Waals surface area contributed by atoms with Crippen molar-refractivity contribution in [1.29, 1.82) is 0 Å². The summed E-state index contributed by atoms with van der Waals surface area (Å²) < 4.78 is 12.5. The molecule has 0 aliphatic heterocycles. The fraction of sp³-hybridized carbons (Fsp3) is 0.100. The SMILES string of the molecule is O=C(O)C(F)=CCc1ccccc1. The molecule has 1 rings (SSSR count). The molecule has 0 spiro atoms. The number of benzene rings is 1. The second-order valence-electron chi connectivity index (χ2n) is 2.55. The normalized spacial score (nSPS) is 11.3. The Morgan fingerprint density at radius 3 is 2.54 bits per heavy atom. The van der Waals surface area contributed by atoms with Crippen LogP contribution in [0.5, 0.6) is 0 Å². The Balaban J connectivity index is 2.62. The van der Waals surface area contributed by atoms with Gasteiger partial charge in [-0.15, -0.1) is 0 Å². The van der Waals surface area contributed by atoms with E-state index >= 15 is 0 Å². The van der Waals surface area contributed by atoms with Gasteiger partial charge in [-0.05, 0) is 18.1 Å². The van der Waals surface area contributed by atoms with Crippen molar-refractivity contribution in [2.45, 2.75) is 6.42 Å². The lowest BCUT2D eigenvalue weighted by atomic mass is 10.1. The molecule has 0 aliphatic rings. The molecule has 68 valence electrons. The molecule has 1 aromatic rings. The Morgan fingerprint density at radius 1 is 1.38 bits per heavy atom. The van der Waals surface area contributed by atoms with E-state index in [0.717, 1.165) is 11.6 Å². The van der Waals surface area contributed by atoms with Crippen LogP contribution in [0, 0.1) is 0 Å². The van der Waals surface area contributed by atoms with Crippen LogP contribution in [0.1, 0.15) is 5.56 Å². The fourth-order valence-corrected chi connectivity index (χ4v) is 0.909. The van der Waals surface area contributed by atoms with Gasteiger partial charge < -0.3 is 5.11 Å². The first kappa shape index (κ1) is 9.45. The van der Waals surface area contributed by atoms with Crippen LogP contribution >= 0.6 is 0 Å². The summed E-state index contributed by atoms with van der Waals surface area (Å²) >= 11 is 0. The zero-order chi connectivity index (χ0) is 9.68. The van der Waals surface area contributed by atoms with Crippen molar-refractivity contribution >= 4 is 5.97 Å². The van der Waals surface area contributed by atoms with Crippen LogP contribution in [0.4, 0.5) is 4.39 Å². The van der Waals surface area contributed by atoms with Gasteiger partial charge in [0.1, 0.15) is 0 Å². The van der Waals surface area contributed by atoms with Gasteiger partial charge in [-0.1, -0.05) is 30.3 Å². The molecule has 0 aromatic heterocycles. The number of carboxylic acids is 1. The van der Waals surface area contributed by atoms with E-state index in [1.807, 2.05) is 30.3 Å². The van der Waals surface area contributed by atoms with E-state index < -0.39 is 11.8 Å². The highest BCUT2D eigenvalue weighted by Crippen LogP contribution is 2.04. The van der Waals surface area contributed by atoms with Gasteiger partial charge >= 0.3 is 5.97 Å². The van der Waals surface area contributed by atoms with Crippen LogP contribution in [0.3, 0.4) is 0 Å². The second kappa shape index (κ2) is 4.40. The van der Waals surface area contributed by atoms with Gasteiger partial charge in [0.2, 0.25) is 5.83 Å². The van der Waals surface area contributed by atoms with Crippen LogP contribution in [-0.2, 0) is 11.2 Å². The molecule has 2 nitrogen and oxygen atoms in total. The minimum Gasteiger partial charge on any atom is -0.476 e. The molecule has 0 saturated carbocycles. The molecule has 0 unspecified atom stereocenters. The maximum absolute atomic E-state index is 12.5. The van der Waals surface area contributed by atoms with Gasteiger partial charge in [-0.3, -0.25) is 0 Å². The van der Waals surface area contributed by atoms with E-state index in [1.165, 1.54) is 0 Å². The summed E-state index contributed by atoms with van der Waals surface area (Å²) in [4.78, 5) is 10.1. The zero-order valence-corrected chi connectivity index (χ0v) is 6.90. The lowest BCUT2D eigenvalue weighted by molar-refractivity contribution is -0.134. The molecule has 0 fully saturated rings. The van der Waals surface area contributed by atoms with Gasteiger partial charge in [0.05, 0.1) is 0 Å². The molecule has 0 aliphatic carbocycles. The molecule has 0 saturated heterocycles. The fourth-order valence-electron chi connectivity index (χ4n) is 0.909. The minimum absolute atomic E-state index is 0.305. The largest absolute Gasteiger partial charge is 0.476 e. The first-order valence-corrected chi connectivity index (χ1v) is 3.83. The number of carboxylic acid groups (broad SMARTS) is 1. The van der Waals surface area contributed by atoms with Crippen LogP contribution in [0.2, 0.25) is 0 Å². The third-order valence-corrected chi connectivity index (χ3v) is 1.56. The summed E-state index contributed by atoms with van der Waals surface area (Å²) in [6.07, 6.45) is 1.36. The van der Waals surface area contributed by atoms with E-state index in [-0.39, 0.29) is 0 Å². The third-order valence-electron chi connectivity index (χ3n) is 1.56. The first-order valence-electron chi connectivity index (χ1n) is 3.83. The van der Waals surface area contributed by atoms with Gasteiger partial charge in [-0.25, -0.2) is 4.79 Å². The van der Waals surface area contributed by atoms with Crippen molar-refractivity contribution in [3.05, 3.63) is 47.8 Å². The van der Waals surface area contributed by atoms with Gasteiger partial charge in [0, 0.05) is 0 Å². The lowest BCUT2D eigenvalue weighted by Gasteiger charge is -1.94. The number of rotatable bonds is 3. The highest BCUT2D eigenvalue weighted by molar-refractivity contribution is 5.83. The van der Waals surface area contributed by atoms with Crippen molar-refractivity contribution in [1.82, 2.24) is 0 Å². The van der Waals surface area contributed by atoms with Crippen molar-refractivity contribution in [2.75, 3.05) is 0 Å². The highest BCUT2D eigenvalue weighted by atomic mass is 19.1. The van der Waals surface area contributed by atoms with Crippen molar-refractivity contribution < 1.29 is 14.3 Å². The monoisotopic (exact) mass is 180 g/mol. The van der Waals surface area contributed by atoms with Crippen LogP contribution in [-0.4, -0.2) is 11.1 Å². The Kier molecular flexibility index (Phi) is 3.20. The number of hydrogen-bond acceptors (Lipinski definition) is 1. The predicted octanol–water partition coefficient (Wildman–Crippen LogP) is 2.17. The third kappa shape index (κ3) is 3.07. The number of carbonyl (C=O) groups is 1. The molecular formula is C10H9FO2. The summed E-state index contributed by atoms with van der Waals surface area (Å²) in [5.41, 5.74) is 0.888. The smallest absolute Gasteiger partial charge is 0.364 e. The molecule has 0 radical (unpaired) electrons. The number of halogens is 1. The van der Waals surface area contributed by atoms with Crippen LogP contribution < -0.4 is 0 Å². The molecule has 13 heavy (non-hydrogen) atoms. The molecule has 3 heteroatoms. The molecular weight excluding hydrogens is 171 g/mol. The number of allylic oxidation sites excluding steroid dienone is 1. The molecule has 0 amide bonds. The van der Waals surface area contributed by atoms with E-state index in [2.05, 4.69) is 0 Å². The Bertz CT molecular complexity index is 317. The van der Waals surface area contributed by atoms with E-state index in [0.29, 0.717) is 6.42 Å². The summed E-state index contributed by atoms with van der Waals surface area (Å²) in [6.45, 7) is 0. The van der Waals surface area contributed by atoms with Gasteiger partial charge in [-0.2, -0.15) is 4.39 Å². The van der Waals surface area contributed by atoms with Gasteiger partial charge in [0.15, 0.2) is 0 Å². The lowest BCUT2D eigenvalue weighted by Crippen LogP contribution is -1.95. The number of aliphatic carboxylic acids is 1. The second-order valence-corrected chi connectivity index (χ2v) is 2.55. The standard InChI is InChI=1S/C10H9FO2/c11-9(10(12)13)7-6-8-4-2-1-3-5-8/h1-5,7H,6H2,(H,12,13). The van der Waals surface area contributed by atoms with E-state index in [4.69, 9.17) is 5.11 Å². The van der Waals surface area contributed by atoms with Crippen molar-refractivity contribution in [3.8, 4) is 0 Å². The summed E-state index contributed by atoms with van der Waals surface area (Å²) in [5, 5.41) is 8.22. The molecule has 1 N–H and O–H groups in total. The van der Waals surface area contributed by atoms with Crippen molar-refractivity contribution in [3.63, 3.8) is 0 Å². The summed E-state index contributed by atoms with van der Waals surface area (Å²) in [7, 11) is 0. The van der Waals surface area contributed by atoms with Crippen molar-refractivity contribution in [2.24, 2.45) is 0 Å². The van der Waals surface area contributed by atoms with Crippen LogP contribution in [0.15, 0.2) is 42.2 Å². The minimum atomic E-state index is -1.52. The molecule has 0 bridgehead atoms. The first-order chi connectivity index (χ1) is 6.20. The Morgan fingerprint density at radius 2 is 2.00 bits per heavy atom. The quantitative estimate of drug-likeness (QED) is 0.724. The Hall–Kier alpha value is -1.64. The summed E-state index contributed by atoms with van der Waals surface area (Å²) in [5.74, 6) is -2.63. The van der Waals surface area contributed by atoms with Crippen LogP contribution in [0.25, 0.3) is 0 Å². The zero-order valence-electron chi connectivity index (χ0n) is 6.90. The maximum Gasteiger partial charge on any atom is 0.364 e. The molecule has 0 atom stereocenters. The van der Waals surface area contributed by atoms with Gasteiger partial charge in [0.25, 0.3) is 0 Å². The molecule has 0 heterocycles.